The van der Waals surface area contributed by atoms with Gasteiger partial charge in [-0.25, -0.2) is 9.78 Å². The number of phenolic OH excluding ortho intramolecular Hbond substituents is 1. The van der Waals surface area contributed by atoms with Gasteiger partial charge in [0.15, 0.2) is 5.58 Å². The monoisotopic (exact) mass is 436 g/mol. The Morgan fingerprint density at radius 1 is 1.16 bits per heavy atom. The lowest BCUT2D eigenvalue weighted by atomic mass is 9.61. The molecule has 1 aliphatic rings. The molecule has 2 atom stereocenters. The molecule has 6 heteroatoms. The van der Waals surface area contributed by atoms with Gasteiger partial charge in [-0.2, -0.15) is 0 Å². The molecule has 1 aliphatic carbocycles. The number of benzene rings is 2. The van der Waals surface area contributed by atoms with E-state index in [0.29, 0.717) is 18.1 Å². The average molecular weight is 437 g/mol. The normalized spacial score (nSPS) is 17.7. The summed E-state index contributed by atoms with van der Waals surface area (Å²) in [4.78, 5) is 16.5. The number of hydrogen-bond donors (Lipinski definition) is 3. The molecule has 0 radical (unpaired) electrons. The number of oxazole rings is 1. The van der Waals surface area contributed by atoms with Crippen molar-refractivity contribution in [2.45, 2.75) is 57.3 Å². The number of carbonyl (C=O) groups is 1. The summed E-state index contributed by atoms with van der Waals surface area (Å²) in [6, 6.07) is 15.1. The van der Waals surface area contributed by atoms with E-state index in [1.807, 2.05) is 42.5 Å². The van der Waals surface area contributed by atoms with Crippen molar-refractivity contribution in [1.82, 2.24) is 10.3 Å². The molecule has 4 rings (SSSR count). The number of amides is 1. The van der Waals surface area contributed by atoms with Gasteiger partial charge in [-0.05, 0) is 61.3 Å². The summed E-state index contributed by atoms with van der Waals surface area (Å²) in [6.07, 6.45) is 5.98. The molecule has 1 heterocycles. The van der Waals surface area contributed by atoms with Gasteiger partial charge in [0.25, 0.3) is 0 Å². The van der Waals surface area contributed by atoms with Crippen LogP contribution in [0.2, 0.25) is 0 Å². The van der Waals surface area contributed by atoms with Gasteiger partial charge in [-0.3, -0.25) is 0 Å². The number of para-hydroxylation sites is 3. The van der Waals surface area contributed by atoms with Gasteiger partial charge < -0.3 is 19.9 Å². The van der Waals surface area contributed by atoms with E-state index in [1.165, 1.54) is 6.42 Å². The summed E-state index contributed by atoms with van der Waals surface area (Å²) in [5.41, 5.74) is 1.87. The van der Waals surface area contributed by atoms with Crippen LogP contribution in [-0.4, -0.2) is 27.8 Å². The number of nitrogens with zero attached hydrogens (tertiary/aromatic N) is 1. The Morgan fingerprint density at radius 3 is 2.59 bits per heavy atom. The molecule has 1 saturated carbocycles. The van der Waals surface area contributed by atoms with Crippen LogP contribution in [0.4, 0.5) is 4.79 Å². The van der Waals surface area contributed by atoms with Crippen LogP contribution >= 0.6 is 0 Å². The third-order valence-electron chi connectivity index (χ3n) is 7.28. The van der Waals surface area contributed by atoms with E-state index in [1.54, 1.807) is 6.07 Å². The van der Waals surface area contributed by atoms with E-state index in [9.17, 15) is 15.0 Å². The summed E-state index contributed by atoms with van der Waals surface area (Å²) < 4.78 is 6.32. The largest absolute Gasteiger partial charge is 0.508 e. The molecule has 0 aliphatic heterocycles. The van der Waals surface area contributed by atoms with Gasteiger partial charge >= 0.3 is 6.09 Å². The molecule has 3 aromatic rings. The summed E-state index contributed by atoms with van der Waals surface area (Å²) in [5, 5.41) is 22.4. The van der Waals surface area contributed by atoms with Crippen LogP contribution in [0.1, 0.15) is 56.9 Å². The highest BCUT2D eigenvalue weighted by Crippen LogP contribution is 2.47. The zero-order valence-electron chi connectivity index (χ0n) is 18.6. The van der Waals surface area contributed by atoms with E-state index >= 15 is 0 Å². The van der Waals surface area contributed by atoms with E-state index in [0.717, 1.165) is 48.8 Å². The van der Waals surface area contributed by atoms with Crippen molar-refractivity contribution in [2.24, 2.45) is 11.8 Å². The molecule has 2 aromatic carbocycles. The Bertz CT molecular complexity index is 1020. The third kappa shape index (κ3) is 4.45. The summed E-state index contributed by atoms with van der Waals surface area (Å²) in [5.74, 6) is 1.29. The number of rotatable bonds is 8. The number of fused-ring (bicyclic) bond motifs is 1. The topological polar surface area (TPSA) is 95.6 Å². The van der Waals surface area contributed by atoms with Crippen LogP contribution in [0.5, 0.6) is 5.75 Å². The lowest BCUT2D eigenvalue weighted by Gasteiger charge is -2.44. The Balaban J connectivity index is 1.74. The van der Waals surface area contributed by atoms with Crippen LogP contribution in [0.3, 0.4) is 0 Å². The first-order valence-corrected chi connectivity index (χ1v) is 11.6. The first kappa shape index (κ1) is 22.2. The SMILES string of the molecule is CC(CCc1ccccc1O)C(CNC(=O)O)(c1nc2ccccc2o1)C1CCCCC1. The Hall–Kier alpha value is -3.02. The second-order valence-corrected chi connectivity index (χ2v) is 9.09. The van der Waals surface area contributed by atoms with Gasteiger partial charge in [-0.1, -0.05) is 56.5 Å². The van der Waals surface area contributed by atoms with Crippen LogP contribution in [0.25, 0.3) is 11.1 Å². The lowest BCUT2D eigenvalue weighted by molar-refractivity contribution is 0.0976. The zero-order valence-corrected chi connectivity index (χ0v) is 18.6. The number of aromatic hydroxyl groups is 1. The minimum atomic E-state index is -1.03. The molecule has 6 nitrogen and oxygen atoms in total. The maximum atomic E-state index is 11.6. The number of carboxylic acid groups (broad SMARTS) is 1. The highest BCUT2D eigenvalue weighted by atomic mass is 16.4. The number of aromatic nitrogens is 1. The molecule has 3 N–H and O–H groups in total. The first-order valence-electron chi connectivity index (χ1n) is 11.6. The minimum Gasteiger partial charge on any atom is -0.508 e. The molecule has 0 spiro atoms. The van der Waals surface area contributed by atoms with Crippen molar-refractivity contribution in [2.75, 3.05) is 6.54 Å². The second-order valence-electron chi connectivity index (χ2n) is 9.09. The highest BCUT2D eigenvalue weighted by molar-refractivity contribution is 5.72. The predicted molar refractivity (Wildman–Crippen MR) is 124 cm³/mol. The quantitative estimate of drug-likeness (QED) is 0.409. The fourth-order valence-electron chi connectivity index (χ4n) is 5.44. The summed E-state index contributed by atoms with van der Waals surface area (Å²) in [7, 11) is 0. The predicted octanol–water partition coefficient (Wildman–Crippen LogP) is 5.89. The average Bonchev–Trinajstić information content (AvgIpc) is 3.24. The van der Waals surface area contributed by atoms with Crippen molar-refractivity contribution in [1.29, 1.82) is 0 Å². The smallest absolute Gasteiger partial charge is 0.404 e. The minimum absolute atomic E-state index is 0.0881. The van der Waals surface area contributed by atoms with Gasteiger partial charge in [0.1, 0.15) is 11.3 Å². The van der Waals surface area contributed by atoms with Crippen molar-refractivity contribution in [3.63, 3.8) is 0 Å². The fraction of sp³-hybridized carbons (Fsp3) is 0.462. The van der Waals surface area contributed by atoms with Gasteiger partial charge in [0.2, 0.25) is 5.89 Å². The maximum Gasteiger partial charge on any atom is 0.404 e. The standard InChI is InChI=1S/C26H32N2O4/c1-18(15-16-19-9-5-7-13-22(19)29)26(17-27-25(30)31,20-10-3-2-4-11-20)24-28-21-12-6-8-14-23(21)32-24/h5-9,12-14,18,20,27,29H,2-4,10-11,15-17H2,1H3,(H,30,31). The van der Waals surface area contributed by atoms with Crippen LogP contribution < -0.4 is 5.32 Å². The maximum absolute atomic E-state index is 11.6. The molecule has 32 heavy (non-hydrogen) atoms. The second kappa shape index (κ2) is 9.63. The van der Waals surface area contributed by atoms with Gasteiger partial charge in [-0.15, -0.1) is 0 Å². The van der Waals surface area contributed by atoms with E-state index < -0.39 is 11.5 Å². The number of nitrogens with one attached hydrogen (secondary N) is 1. The van der Waals surface area contributed by atoms with E-state index in [4.69, 9.17) is 9.40 Å². The van der Waals surface area contributed by atoms with E-state index in [-0.39, 0.29) is 18.4 Å². The Labute approximate surface area is 188 Å². The van der Waals surface area contributed by atoms with Crippen LogP contribution in [0.15, 0.2) is 52.9 Å². The lowest BCUT2D eigenvalue weighted by Crippen LogP contribution is -2.51. The Morgan fingerprint density at radius 2 is 1.88 bits per heavy atom. The number of hydrogen-bond acceptors (Lipinski definition) is 4. The molecular formula is C26H32N2O4. The molecule has 1 amide bonds. The number of phenols is 1. The first-order chi connectivity index (χ1) is 15.5. The molecule has 1 fully saturated rings. The Kier molecular flexibility index (Phi) is 6.68. The number of aryl methyl sites for hydroxylation is 1. The molecule has 0 bridgehead atoms. The van der Waals surface area contributed by atoms with Crippen molar-refractivity contribution >= 4 is 17.2 Å². The molecular weight excluding hydrogens is 404 g/mol. The van der Waals surface area contributed by atoms with Crippen molar-refractivity contribution in [3.8, 4) is 5.75 Å². The third-order valence-corrected chi connectivity index (χ3v) is 7.28. The highest BCUT2D eigenvalue weighted by Gasteiger charge is 2.49. The van der Waals surface area contributed by atoms with Crippen molar-refractivity contribution in [3.05, 3.63) is 60.0 Å². The van der Waals surface area contributed by atoms with Gasteiger partial charge in [0.05, 0.1) is 5.41 Å². The molecule has 1 aromatic heterocycles. The van der Waals surface area contributed by atoms with Crippen LogP contribution in [0, 0.1) is 11.8 Å². The van der Waals surface area contributed by atoms with Crippen molar-refractivity contribution < 1.29 is 19.4 Å². The molecule has 170 valence electrons. The molecule has 0 saturated heterocycles. The summed E-state index contributed by atoms with van der Waals surface area (Å²) in [6.45, 7) is 2.44. The van der Waals surface area contributed by atoms with Gasteiger partial charge in [0, 0.05) is 6.54 Å². The molecule has 2 unspecified atom stereocenters. The van der Waals surface area contributed by atoms with Crippen LogP contribution in [-0.2, 0) is 11.8 Å². The van der Waals surface area contributed by atoms with E-state index in [2.05, 4.69) is 12.2 Å². The fourth-order valence-corrected chi connectivity index (χ4v) is 5.44. The summed E-state index contributed by atoms with van der Waals surface area (Å²) >= 11 is 0. The zero-order chi connectivity index (χ0) is 22.6.